The Bertz CT molecular complexity index is 562. The third-order valence-electron chi connectivity index (χ3n) is 3.58. The van der Waals surface area contributed by atoms with Crippen molar-refractivity contribution in [2.24, 2.45) is 5.92 Å². The molecule has 1 heterocycles. The van der Waals surface area contributed by atoms with Gasteiger partial charge in [-0.05, 0) is 25.0 Å². The molecule has 0 aliphatic rings. The predicted octanol–water partition coefficient (Wildman–Crippen LogP) is 2.89. The van der Waals surface area contributed by atoms with Crippen LogP contribution in [0.15, 0.2) is 24.3 Å². The summed E-state index contributed by atoms with van der Waals surface area (Å²) in [6.07, 6.45) is 1.86. The molecule has 4 nitrogen and oxygen atoms in total. The Balaban J connectivity index is 2.48. The van der Waals surface area contributed by atoms with Crippen LogP contribution in [0.5, 0.6) is 0 Å². The monoisotopic (exact) mass is 259 g/mol. The summed E-state index contributed by atoms with van der Waals surface area (Å²) in [5, 5.41) is 2.79. The van der Waals surface area contributed by atoms with Gasteiger partial charge in [0, 0.05) is 6.54 Å². The number of para-hydroxylation sites is 2. The van der Waals surface area contributed by atoms with Crippen LogP contribution in [0.25, 0.3) is 11.0 Å². The van der Waals surface area contributed by atoms with Crippen molar-refractivity contribution in [1.29, 1.82) is 0 Å². The molecule has 0 aliphatic carbocycles. The van der Waals surface area contributed by atoms with E-state index in [-0.39, 0.29) is 6.04 Å². The van der Waals surface area contributed by atoms with Gasteiger partial charge in [0.2, 0.25) is 6.41 Å². The Morgan fingerprint density at radius 1 is 1.37 bits per heavy atom. The van der Waals surface area contributed by atoms with Gasteiger partial charge in [0.1, 0.15) is 5.82 Å². The molecule has 1 N–H and O–H groups in total. The van der Waals surface area contributed by atoms with Gasteiger partial charge in [-0.1, -0.05) is 32.4 Å². The molecule has 1 aromatic heterocycles. The summed E-state index contributed by atoms with van der Waals surface area (Å²) in [5.74, 6) is 1.51. The van der Waals surface area contributed by atoms with E-state index in [4.69, 9.17) is 0 Å². The molecule has 2 rings (SSSR count). The number of carbonyl (C=O) groups is 1. The number of hydrogen-bond donors (Lipinski definition) is 1. The first-order valence-corrected chi connectivity index (χ1v) is 6.82. The molecule has 19 heavy (non-hydrogen) atoms. The van der Waals surface area contributed by atoms with E-state index in [2.05, 4.69) is 34.8 Å². The number of benzene rings is 1. The molecule has 1 aromatic carbocycles. The highest BCUT2D eigenvalue weighted by Crippen LogP contribution is 2.22. The number of aromatic nitrogens is 2. The molecular weight excluding hydrogens is 238 g/mol. The second kappa shape index (κ2) is 5.87. The molecule has 2 aromatic rings. The van der Waals surface area contributed by atoms with Crippen LogP contribution in [0.2, 0.25) is 0 Å². The largest absolute Gasteiger partial charge is 0.349 e. The number of fused-ring (bicyclic) bond motifs is 1. The average Bonchev–Trinajstić information content (AvgIpc) is 2.78. The molecule has 0 spiro atoms. The van der Waals surface area contributed by atoms with E-state index in [9.17, 15) is 4.79 Å². The highest BCUT2D eigenvalue weighted by atomic mass is 16.1. The lowest BCUT2D eigenvalue weighted by Gasteiger charge is -2.17. The lowest BCUT2D eigenvalue weighted by Crippen LogP contribution is -2.21. The molecule has 4 heteroatoms. The first-order valence-electron chi connectivity index (χ1n) is 6.82. The summed E-state index contributed by atoms with van der Waals surface area (Å²) < 4.78 is 2.23. The van der Waals surface area contributed by atoms with Crippen molar-refractivity contribution in [3.8, 4) is 0 Å². The van der Waals surface area contributed by atoms with Crippen LogP contribution in [0.4, 0.5) is 0 Å². The summed E-state index contributed by atoms with van der Waals surface area (Å²) in [4.78, 5) is 15.3. The zero-order chi connectivity index (χ0) is 13.8. The van der Waals surface area contributed by atoms with Crippen molar-refractivity contribution in [3.63, 3.8) is 0 Å². The Morgan fingerprint density at radius 2 is 2.11 bits per heavy atom. The van der Waals surface area contributed by atoms with Crippen molar-refractivity contribution >= 4 is 17.4 Å². The fraction of sp³-hybridized carbons (Fsp3) is 0.467. The van der Waals surface area contributed by atoms with Gasteiger partial charge in [0.05, 0.1) is 17.1 Å². The van der Waals surface area contributed by atoms with Gasteiger partial charge in [-0.25, -0.2) is 4.98 Å². The van der Waals surface area contributed by atoms with Gasteiger partial charge in [0.15, 0.2) is 0 Å². The number of nitrogens with zero attached hydrogens (tertiary/aromatic N) is 2. The summed E-state index contributed by atoms with van der Waals surface area (Å²) in [6, 6.07) is 8.04. The second-order valence-corrected chi connectivity index (χ2v) is 5.09. The maximum absolute atomic E-state index is 10.6. The third kappa shape index (κ3) is 2.78. The molecule has 0 fully saturated rings. The van der Waals surface area contributed by atoms with Crippen LogP contribution in [-0.4, -0.2) is 16.0 Å². The fourth-order valence-corrected chi connectivity index (χ4v) is 2.23. The fourth-order valence-electron chi connectivity index (χ4n) is 2.23. The van der Waals surface area contributed by atoms with E-state index in [0.29, 0.717) is 5.92 Å². The van der Waals surface area contributed by atoms with Gasteiger partial charge in [-0.15, -0.1) is 0 Å². The molecule has 0 saturated carbocycles. The SMILES string of the molecule is CC[C@@H](C)Cn1c([C@@H](C)NC=O)nc2ccccc21. The standard InChI is InChI=1S/C15H21N3O/c1-4-11(2)9-18-14-8-6-5-7-13(14)17-15(18)12(3)16-10-19/h5-8,10-12H,4,9H2,1-3H3,(H,16,19)/t11-,12-/m1/s1. The van der Waals surface area contributed by atoms with Gasteiger partial charge >= 0.3 is 0 Å². The first kappa shape index (κ1) is 13.6. The number of hydrogen-bond acceptors (Lipinski definition) is 2. The Hall–Kier alpha value is -1.84. The highest BCUT2D eigenvalue weighted by Gasteiger charge is 2.16. The lowest BCUT2D eigenvalue weighted by molar-refractivity contribution is -0.110. The molecule has 0 radical (unpaired) electrons. The van der Waals surface area contributed by atoms with Crippen LogP contribution in [-0.2, 0) is 11.3 Å². The summed E-state index contributed by atoms with van der Waals surface area (Å²) >= 11 is 0. The summed E-state index contributed by atoms with van der Waals surface area (Å²) in [5.41, 5.74) is 2.12. The van der Waals surface area contributed by atoms with Crippen LogP contribution >= 0.6 is 0 Å². The van der Waals surface area contributed by atoms with Gasteiger partial charge in [-0.3, -0.25) is 4.79 Å². The van der Waals surface area contributed by atoms with Crippen LogP contribution in [0, 0.1) is 5.92 Å². The van der Waals surface area contributed by atoms with Crippen molar-refractivity contribution in [2.75, 3.05) is 0 Å². The van der Waals surface area contributed by atoms with Crippen LogP contribution in [0.3, 0.4) is 0 Å². The molecule has 102 valence electrons. The maximum Gasteiger partial charge on any atom is 0.207 e. The number of imidazole rings is 1. The summed E-state index contributed by atoms with van der Waals surface area (Å²) in [6.45, 7) is 7.31. The minimum atomic E-state index is -0.0750. The number of carbonyl (C=O) groups excluding carboxylic acids is 1. The molecular formula is C15H21N3O. The predicted molar refractivity (Wildman–Crippen MR) is 76.8 cm³/mol. The Kier molecular flexibility index (Phi) is 4.20. The van der Waals surface area contributed by atoms with E-state index < -0.39 is 0 Å². The molecule has 0 aliphatic heterocycles. The highest BCUT2D eigenvalue weighted by molar-refractivity contribution is 5.76. The maximum atomic E-state index is 10.6. The number of amides is 1. The van der Waals surface area contributed by atoms with Crippen LogP contribution in [0.1, 0.15) is 39.1 Å². The van der Waals surface area contributed by atoms with Crippen molar-refractivity contribution in [3.05, 3.63) is 30.1 Å². The van der Waals surface area contributed by atoms with E-state index in [1.165, 1.54) is 0 Å². The van der Waals surface area contributed by atoms with Gasteiger partial charge < -0.3 is 9.88 Å². The van der Waals surface area contributed by atoms with Crippen molar-refractivity contribution < 1.29 is 4.79 Å². The van der Waals surface area contributed by atoms with E-state index in [1.807, 2.05) is 25.1 Å². The average molecular weight is 259 g/mol. The van der Waals surface area contributed by atoms with E-state index >= 15 is 0 Å². The minimum Gasteiger partial charge on any atom is -0.349 e. The topological polar surface area (TPSA) is 46.9 Å². The summed E-state index contributed by atoms with van der Waals surface area (Å²) in [7, 11) is 0. The van der Waals surface area contributed by atoms with Gasteiger partial charge in [0.25, 0.3) is 0 Å². The van der Waals surface area contributed by atoms with Gasteiger partial charge in [-0.2, -0.15) is 0 Å². The number of nitrogens with one attached hydrogen (secondary N) is 1. The molecule has 1 amide bonds. The minimum absolute atomic E-state index is 0.0750. The van der Waals surface area contributed by atoms with Crippen molar-refractivity contribution in [2.45, 2.75) is 39.8 Å². The van der Waals surface area contributed by atoms with E-state index in [0.717, 1.165) is 36.2 Å². The Labute approximate surface area is 113 Å². The van der Waals surface area contributed by atoms with Crippen molar-refractivity contribution in [1.82, 2.24) is 14.9 Å². The molecule has 0 saturated heterocycles. The molecule has 0 bridgehead atoms. The molecule has 0 unspecified atom stereocenters. The first-order chi connectivity index (χ1) is 9.17. The van der Waals surface area contributed by atoms with Crippen LogP contribution < -0.4 is 5.32 Å². The number of rotatable bonds is 6. The zero-order valence-corrected chi connectivity index (χ0v) is 11.8. The molecule has 2 atom stereocenters. The Morgan fingerprint density at radius 3 is 2.79 bits per heavy atom. The smallest absolute Gasteiger partial charge is 0.207 e. The second-order valence-electron chi connectivity index (χ2n) is 5.09. The lowest BCUT2D eigenvalue weighted by atomic mass is 10.1. The van der Waals surface area contributed by atoms with E-state index in [1.54, 1.807) is 0 Å². The normalized spacial score (nSPS) is 14.3. The third-order valence-corrected chi connectivity index (χ3v) is 3.58. The zero-order valence-electron chi connectivity index (χ0n) is 11.8. The quantitative estimate of drug-likeness (QED) is 0.811.